The van der Waals surface area contributed by atoms with Gasteiger partial charge in [0.25, 0.3) is 0 Å². The van der Waals surface area contributed by atoms with Gasteiger partial charge in [-0.25, -0.2) is 4.98 Å². The zero-order valence-corrected chi connectivity index (χ0v) is 14.1. The molecular weight excluding hydrogens is 330 g/mol. The number of para-hydroxylation sites is 1. The summed E-state index contributed by atoms with van der Waals surface area (Å²) in [4.78, 5) is 15.7. The van der Waals surface area contributed by atoms with Crippen LogP contribution in [0.5, 0.6) is 0 Å². The van der Waals surface area contributed by atoms with Crippen LogP contribution in [0.3, 0.4) is 0 Å². The van der Waals surface area contributed by atoms with Crippen molar-refractivity contribution in [2.24, 2.45) is 0 Å². The molecule has 2 N–H and O–H groups in total. The number of benzene rings is 2. The number of halogens is 1. The highest BCUT2D eigenvalue weighted by atomic mass is 35.5. The number of nitrogens with zero attached hydrogens (tertiary/aromatic N) is 2. The molecule has 3 aromatic rings. The third kappa shape index (κ3) is 3.11. The summed E-state index contributed by atoms with van der Waals surface area (Å²) >= 11 is 0. The molecule has 0 bridgehead atoms. The first-order valence-electron chi connectivity index (χ1n) is 7.43. The van der Waals surface area contributed by atoms with Gasteiger partial charge in [0.05, 0.1) is 21.3 Å². The van der Waals surface area contributed by atoms with E-state index in [4.69, 9.17) is 0 Å². The lowest BCUT2D eigenvalue weighted by Gasteiger charge is -2.15. The summed E-state index contributed by atoms with van der Waals surface area (Å²) in [5.74, 6) is 0. The second kappa shape index (κ2) is 6.98. The van der Waals surface area contributed by atoms with Crippen LogP contribution in [-0.4, -0.2) is 21.2 Å². The molecule has 2 aromatic carbocycles. The average Bonchev–Trinajstić information content (AvgIpc) is 2.53. The van der Waals surface area contributed by atoms with Crippen molar-refractivity contribution in [2.75, 3.05) is 5.32 Å². The summed E-state index contributed by atoms with van der Waals surface area (Å²) < 4.78 is 0. The van der Waals surface area contributed by atoms with Crippen LogP contribution in [0.15, 0.2) is 36.4 Å². The monoisotopic (exact) mass is 347 g/mol. The molecule has 1 atom stereocenters. The van der Waals surface area contributed by atoms with Crippen LogP contribution < -0.4 is 5.32 Å². The predicted molar refractivity (Wildman–Crippen MR) is 97.8 cm³/mol. The minimum Gasteiger partial charge on any atom is -0.374 e. The standard InChI is InChI=1S/C17H17N3O3.ClH/c1-3-15(21)18-14-8-10(2)16-12(17(14)20(22)23)9-11-6-4-5-7-13(11)19-16;/h4-9,15,18,21H,3H2,1-2H3;1H. The lowest BCUT2D eigenvalue weighted by molar-refractivity contribution is -0.382. The number of aliphatic hydroxyl groups is 1. The minimum absolute atomic E-state index is 0. The van der Waals surface area contributed by atoms with Crippen molar-refractivity contribution in [1.29, 1.82) is 0 Å². The van der Waals surface area contributed by atoms with Gasteiger partial charge in [-0.3, -0.25) is 10.1 Å². The van der Waals surface area contributed by atoms with Crippen LogP contribution in [0.1, 0.15) is 18.9 Å². The van der Waals surface area contributed by atoms with Crippen molar-refractivity contribution in [3.8, 4) is 0 Å². The quantitative estimate of drug-likeness (QED) is 0.320. The second-order valence-electron chi connectivity index (χ2n) is 5.49. The van der Waals surface area contributed by atoms with E-state index in [0.717, 1.165) is 16.5 Å². The van der Waals surface area contributed by atoms with E-state index in [1.807, 2.05) is 31.2 Å². The van der Waals surface area contributed by atoms with Crippen LogP contribution in [0.4, 0.5) is 11.4 Å². The maximum Gasteiger partial charge on any atom is 0.301 e. The van der Waals surface area contributed by atoms with E-state index in [9.17, 15) is 15.2 Å². The maximum atomic E-state index is 11.6. The number of fused-ring (bicyclic) bond motifs is 2. The fourth-order valence-electron chi connectivity index (χ4n) is 2.68. The van der Waals surface area contributed by atoms with Crippen molar-refractivity contribution in [3.63, 3.8) is 0 Å². The molecule has 3 rings (SSSR count). The third-order valence-corrected chi connectivity index (χ3v) is 3.86. The van der Waals surface area contributed by atoms with Gasteiger partial charge in [-0.05, 0) is 37.1 Å². The van der Waals surface area contributed by atoms with Crippen LogP contribution in [0.2, 0.25) is 0 Å². The van der Waals surface area contributed by atoms with E-state index >= 15 is 0 Å². The fraction of sp³-hybridized carbons (Fsp3) is 0.235. The first kappa shape index (κ1) is 17.9. The molecule has 1 aromatic heterocycles. The zero-order chi connectivity index (χ0) is 16.6. The molecule has 1 heterocycles. The molecule has 0 fully saturated rings. The molecule has 126 valence electrons. The third-order valence-electron chi connectivity index (χ3n) is 3.86. The van der Waals surface area contributed by atoms with E-state index < -0.39 is 11.2 Å². The Morgan fingerprint density at radius 1 is 1.33 bits per heavy atom. The predicted octanol–water partition coefficient (Wildman–Crippen LogP) is 4.17. The maximum absolute atomic E-state index is 11.6. The molecule has 0 radical (unpaired) electrons. The Labute approximate surface area is 145 Å². The first-order chi connectivity index (χ1) is 11.0. The molecular formula is C17H18ClN3O3. The van der Waals surface area contributed by atoms with E-state index in [-0.39, 0.29) is 18.1 Å². The summed E-state index contributed by atoms with van der Waals surface area (Å²) in [5, 5.41) is 25.5. The number of nitro benzene ring substituents is 1. The fourth-order valence-corrected chi connectivity index (χ4v) is 2.68. The van der Waals surface area contributed by atoms with E-state index in [1.54, 1.807) is 19.1 Å². The summed E-state index contributed by atoms with van der Waals surface area (Å²) in [5.41, 5.74) is 2.48. The Morgan fingerprint density at radius 3 is 2.71 bits per heavy atom. The van der Waals surface area contributed by atoms with Crippen molar-refractivity contribution in [1.82, 2.24) is 4.98 Å². The highest BCUT2D eigenvalue weighted by molar-refractivity contribution is 6.02. The molecule has 0 spiro atoms. The Kier molecular flexibility index (Phi) is 5.21. The Bertz CT molecular complexity index is 914. The number of nitro groups is 1. The van der Waals surface area contributed by atoms with E-state index in [1.165, 1.54) is 0 Å². The number of aliphatic hydroxyl groups excluding tert-OH is 1. The van der Waals surface area contributed by atoms with Gasteiger partial charge in [0.1, 0.15) is 11.9 Å². The molecule has 0 aliphatic carbocycles. The molecule has 0 saturated heterocycles. The van der Waals surface area contributed by atoms with E-state index in [0.29, 0.717) is 23.0 Å². The summed E-state index contributed by atoms with van der Waals surface area (Å²) in [6.45, 7) is 3.66. The summed E-state index contributed by atoms with van der Waals surface area (Å²) in [7, 11) is 0. The number of nitrogens with one attached hydrogen (secondary N) is 1. The van der Waals surface area contributed by atoms with Crippen molar-refractivity contribution in [2.45, 2.75) is 26.5 Å². The zero-order valence-electron chi connectivity index (χ0n) is 13.3. The van der Waals surface area contributed by atoms with Crippen molar-refractivity contribution >= 4 is 45.6 Å². The van der Waals surface area contributed by atoms with Crippen LogP contribution in [-0.2, 0) is 0 Å². The largest absolute Gasteiger partial charge is 0.374 e. The summed E-state index contributed by atoms with van der Waals surface area (Å²) in [6.07, 6.45) is -0.386. The normalized spacial score (nSPS) is 12.0. The van der Waals surface area contributed by atoms with Gasteiger partial charge in [0.15, 0.2) is 0 Å². The van der Waals surface area contributed by atoms with Gasteiger partial charge in [-0.15, -0.1) is 12.4 Å². The molecule has 0 amide bonds. The minimum atomic E-state index is -0.834. The van der Waals surface area contributed by atoms with Gasteiger partial charge < -0.3 is 10.4 Å². The number of anilines is 1. The van der Waals surface area contributed by atoms with Crippen molar-refractivity contribution < 1.29 is 10.0 Å². The van der Waals surface area contributed by atoms with Gasteiger partial charge in [-0.1, -0.05) is 25.1 Å². The number of aromatic nitrogens is 1. The van der Waals surface area contributed by atoms with Crippen molar-refractivity contribution in [3.05, 3.63) is 52.1 Å². The van der Waals surface area contributed by atoms with Crippen LogP contribution in [0.25, 0.3) is 21.8 Å². The number of rotatable bonds is 4. The molecule has 24 heavy (non-hydrogen) atoms. The van der Waals surface area contributed by atoms with Crippen LogP contribution >= 0.6 is 12.4 Å². The average molecular weight is 348 g/mol. The highest BCUT2D eigenvalue weighted by Gasteiger charge is 2.22. The SMILES string of the molecule is CCC(O)Nc1cc(C)c2nc3ccccc3cc2c1[N+](=O)[O-].Cl. The van der Waals surface area contributed by atoms with Gasteiger partial charge >= 0.3 is 5.69 Å². The number of aryl methyl sites for hydroxylation is 1. The van der Waals surface area contributed by atoms with Gasteiger partial charge in [0, 0.05) is 5.39 Å². The first-order valence-corrected chi connectivity index (χ1v) is 7.43. The highest BCUT2D eigenvalue weighted by Crippen LogP contribution is 2.36. The molecule has 0 saturated carbocycles. The Morgan fingerprint density at radius 2 is 2.04 bits per heavy atom. The number of pyridine rings is 1. The lowest BCUT2D eigenvalue weighted by atomic mass is 10.0. The van der Waals surface area contributed by atoms with E-state index in [2.05, 4.69) is 10.3 Å². The Balaban J connectivity index is 0.00000208. The lowest BCUT2D eigenvalue weighted by Crippen LogP contribution is -2.18. The van der Waals surface area contributed by atoms with Crippen LogP contribution in [0, 0.1) is 17.0 Å². The number of hydrogen-bond donors (Lipinski definition) is 2. The number of hydrogen-bond acceptors (Lipinski definition) is 5. The van der Waals surface area contributed by atoms with Gasteiger partial charge in [0.2, 0.25) is 0 Å². The summed E-state index contributed by atoms with van der Waals surface area (Å²) in [6, 6.07) is 11.0. The molecule has 6 nitrogen and oxygen atoms in total. The molecule has 1 unspecified atom stereocenters. The molecule has 0 aliphatic heterocycles. The second-order valence-corrected chi connectivity index (χ2v) is 5.49. The Hall–Kier alpha value is -2.44. The topological polar surface area (TPSA) is 88.3 Å². The molecule has 0 aliphatic rings. The smallest absolute Gasteiger partial charge is 0.301 e. The van der Waals surface area contributed by atoms with Gasteiger partial charge in [-0.2, -0.15) is 0 Å². The molecule has 7 heteroatoms.